The van der Waals surface area contributed by atoms with Gasteiger partial charge in [-0.05, 0) is 49.7 Å². The number of nitrogens with zero attached hydrogens (tertiary/aromatic N) is 2. The summed E-state index contributed by atoms with van der Waals surface area (Å²) in [4.78, 5) is 12.6. The summed E-state index contributed by atoms with van der Waals surface area (Å²) in [5, 5.41) is 8.31. The first-order valence-electron chi connectivity index (χ1n) is 9.18. The fourth-order valence-electron chi connectivity index (χ4n) is 2.72. The van der Waals surface area contributed by atoms with Gasteiger partial charge in [-0.2, -0.15) is 5.10 Å². The number of aromatic nitrogens is 2. The Hall–Kier alpha value is -2.70. The Morgan fingerprint density at radius 2 is 1.79 bits per heavy atom. The number of hydrogen-bond donors (Lipinski definition) is 1. The molecule has 6 nitrogen and oxygen atoms in total. The second-order valence-corrected chi connectivity index (χ2v) is 6.96. The molecule has 1 heterocycles. The summed E-state index contributed by atoms with van der Waals surface area (Å²) < 4.78 is 12.8. The van der Waals surface area contributed by atoms with Crippen molar-refractivity contribution < 1.29 is 14.3 Å². The third-order valence-electron chi connectivity index (χ3n) is 4.04. The van der Waals surface area contributed by atoms with E-state index < -0.39 is 0 Å². The van der Waals surface area contributed by atoms with E-state index in [-0.39, 0.29) is 5.91 Å². The lowest BCUT2D eigenvalue weighted by atomic mass is 10.2. The topological polar surface area (TPSA) is 65.4 Å². The van der Waals surface area contributed by atoms with Crippen molar-refractivity contribution in [3.05, 3.63) is 69.8 Å². The highest BCUT2D eigenvalue weighted by atomic mass is 35.5. The van der Waals surface area contributed by atoms with Gasteiger partial charge in [-0.25, -0.2) is 0 Å². The first-order chi connectivity index (χ1) is 14.0. The molecule has 2 aromatic carbocycles. The van der Waals surface area contributed by atoms with Crippen molar-refractivity contribution in [3.63, 3.8) is 0 Å². The SMILES string of the molecule is CCOc1ccc(C(=O)Nc2ccn(Cc3ccc(Cl)cc3Cl)n2)cc1OCC. The van der Waals surface area contributed by atoms with E-state index in [1.54, 1.807) is 47.3 Å². The molecule has 0 unspecified atom stereocenters. The van der Waals surface area contributed by atoms with Crippen molar-refractivity contribution in [2.75, 3.05) is 18.5 Å². The average Bonchev–Trinajstić information content (AvgIpc) is 3.12. The molecule has 3 aromatic rings. The number of nitrogens with one attached hydrogen (secondary N) is 1. The minimum Gasteiger partial charge on any atom is -0.490 e. The van der Waals surface area contributed by atoms with E-state index in [4.69, 9.17) is 32.7 Å². The zero-order valence-electron chi connectivity index (χ0n) is 16.1. The summed E-state index contributed by atoms with van der Waals surface area (Å²) in [6.45, 7) is 5.22. The molecule has 1 aromatic heterocycles. The number of carbonyl (C=O) groups excluding carboxylic acids is 1. The summed E-state index contributed by atoms with van der Waals surface area (Å²) in [5.74, 6) is 1.29. The van der Waals surface area contributed by atoms with Crippen LogP contribution in [0.1, 0.15) is 29.8 Å². The van der Waals surface area contributed by atoms with Gasteiger partial charge in [0.05, 0.1) is 19.8 Å². The molecule has 3 rings (SSSR count). The second kappa shape index (κ2) is 9.67. The van der Waals surface area contributed by atoms with Gasteiger partial charge in [-0.1, -0.05) is 29.3 Å². The second-order valence-electron chi connectivity index (χ2n) is 6.12. The third-order valence-corrected chi connectivity index (χ3v) is 4.62. The summed E-state index contributed by atoms with van der Waals surface area (Å²) >= 11 is 12.1. The van der Waals surface area contributed by atoms with E-state index in [1.165, 1.54) is 0 Å². The number of hydrogen-bond acceptors (Lipinski definition) is 4. The monoisotopic (exact) mass is 433 g/mol. The first kappa shape index (κ1) is 21.0. The van der Waals surface area contributed by atoms with Crippen LogP contribution in [0.25, 0.3) is 0 Å². The molecule has 0 atom stereocenters. The van der Waals surface area contributed by atoms with Crippen LogP contribution < -0.4 is 14.8 Å². The maximum atomic E-state index is 12.6. The molecule has 0 spiro atoms. The van der Waals surface area contributed by atoms with Crippen LogP contribution in [0.15, 0.2) is 48.7 Å². The van der Waals surface area contributed by atoms with Crippen molar-refractivity contribution in [2.24, 2.45) is 0 Å². The van der Waals surface area contributed by atoms with E-state index in [0.717, 1.165) is 5.56 Å². The highest BCUT2D eigenvalue weighted by molar-refractivity contribution is 6.35. The normalized spacial score (nSPS) is 10.6. The number of rotatable bonds is 8. The number of halogens is 2. The molecule has 152 valence electrons. The van der Waals surface area contributed by atoms with Crippen LogP contribution in [-0.4, -0.2) is 28.9 Å². The highest BCUT2D eigenvalue weighted by Gasteiger charge is 2.13. The molecule has 1 amide bonds. The lowest BCUT2D eigenvalue weighted by Gasteiger charge is -2.12. The zero-order valence-corrected chi connectivity index (χ0v) is 17.6. The van der Waals surface area contributed by atoms with E-state index >= 15 is 0 Å². The van der Waals surface area contributed by atoms with Crippen molar-refractivity contribution in [1.82, 2.24) is 9.78 Å². The van der Waals surface area contributed by atoms with Crippen molar-refractivity contribution in [3.8, 4) is 11.5 Å². The number of carbonyl (C=O) groups is 1. The van der Waals surface area contributed by atoms with E-state index in [2.05, 4.69) is 10.4 Å². The van der Waals surface area contributed by atoms with Crippen LogP contribution >= 0.6 is 23.2 Å². The number of anilines is 1. The lowest BCUT2D eigenvalue weighted by Crippen LogP contribution is -2.13. The number of amides is 1. The first-order valence-corrected chi connectivity index (χ1v) is 9.94. The average molecular weight is 434 g/mol. The van der Waals surface area contributed by atoms with Crippen LogP contribution in [0.2, 0.25) is 10.0 Å². The quantitative estimate of drug-likeness (QED) is 0.524. The van der Waals surface area contributed by atoms with Crippen molar-refractivity contribution in [2.45, 2.75) is 20.4 Å². The molecule has 0 aliphatic carbocycles. The molecule has 0 aliphatic rings. The summed E-state index contributed by atoms with van der Waals surface area (Å²) in [6, 6.07) is 12.1. The lowest BCUT2D eigenvalue weighted by molar-refractivity contribution is 0.102. The van der Waals surface area contributed by atoms with Crippen LogP contribution in [0.5, 0.6) is 11.5 Å². The fourth-order valence-corrected chi connectivity index (χ4v) is 3.19. The van der Waals surface area contributed by atoms with Gasteiger partial charge in [0, 0.05) is 27.9 Å². The predicted octanol–water partition coefficient (Wildman–Crippen LogP) is 5.29. The molecular formula is C21H21Cl2N3O3. The standard InChI is InChI=1S/C21H21Cl2N3O3/c1-3-28-18-8-6-14(11-19(18)29-4-2)21(27)24-20-9-10-26(25-20)13-15-5-7-16(22)12-17(15)23/h5-12H,3-4,13H2,1-2H3,(H,24,25,27). The molecule has 0 aliphatic heterocycles. The Balaban J connectivity index is 1.70. The maximum Gasteiger partial charge on any atom is 0.257 e. The van der Waals surface area contributed by atoms with Crippen molar-refractivity contribution in [1.29, 1.82) is 0 Å². The van der Waals surface area contributed by atoms with Gasteiger partial charge in [0.1, 0.15) is 0 Å². The van der Waals surface area contributed by atoms with Gasteiger partial charge in [0.15, 0.2) is 17.3 Å². The van der Waals surface area contributed by atoms with Crippen LogP contribution in [0.3, 0.4) is 0 Å². The molecule has 29 heavy (non-hydrogen) atoms. The van der Waals surface area contributed by atoms with Crippen LogP contribution in [0.4, 0.5) is 5.82 Å². The zero-order chi connectivity index (χ0) is 20.8. The minimum absolute atomic E-state index is 0.288. The Labute approximate surface area is 179 Å². The highest BCUT2D eigenvalue weighted by Crippen LogP contribution is 2.29. The fraction of sp³-hybridized carbons (Fsp3) is 0.238. The molecule has 1 N–H and O–H groups in total. The van der Waals surface area contributed by atoms with E-state index in [1.807, 2.05) is 19.9 Å². The molecule has 0 fully saturated rings. The molecule has 0 radical (unpaired) electrons. The molecule has 0 saturated carbocycles. The summed E-state index contributed by atoms with van der Waals surface area (Å²) in [6.07, 6.45) is 1.77. The van der Waals surface area contributed by atoms with Gasteiger partial charge in [0.2, 0.25) is 0 Å². The third kappa shape index (κ3) is 5.43. The molecule has 8 heteroatoms. The largest absolute Gasteiger partial charge is 0.490 e. The van der Waals surface area contributed by atoms with Crippen molar-refractivity contribution >= 4 is 34.9 Å². The predicted molar refractivity (Wildman–Crippen MR) is 115 cm³/mol. The molecule has 0 bridgehead atoms. The van der Waals surface area contributed by atoms with E-state index in [9.17, 15) is 4.79 Å². The number of benzene rings is 2. The Kier molecular flexibility index (Phi) is 7.01. The van der Waals surface area contributed by atoms with Gasteiger partial charge in [-0.3, -0.25) is 9.48 Å². The van der Waals surface area contributed by atoms with Gasteiger partial charge >= 0.3 is 0 Å². The summed E-state index contributed by atoms with van der Waals surface area (Å²) in [7, 11) is 0. The maximum absolute atomic E-state index is 12.6. The Morgan fingerprint density at radius 1 is 1.03 bits per heavy atom. The van der Waals surface area contributed by atoms with Crippen LogP contribution in [0, 0.1) is 0 Å². The van der Waals surface area contributed by atoms with E-state index in [0.29, 0.717) is 52.7 Å². The molecular weight excluding hydrogens is 413 g/mol. The summed E-state index contributed by atoms with van der Waals surface area (Å²) in [5.41, 5.74) is 1.33. The Morgan fingerprint density at radius 3 is 2.52 bits per heavy atom. The smallest absolute Gasteiger partial charge is 0.257 e. The van der Waals surface area contributed by atoms with Gasteiger partial charge in [-0.15, -0.1) is 0 Å². The number of ether oxygens (including phenoxy) is 2. The minimum atomic E-state index is -0.288. The van der Waals surface area contributed by atoms with Gasteiger partial charge < -0.3 is 14.8 Å². The molecule has 0 saturated heterocycles. The Bertz CT molecular complexity index is 1000. The van der Waals surface area contributed by atoms with Gasteiger partial charge in [0.25, 0.3) is 5.91 Å². The van der Waals surface area contributed by atoms with Crippen LogP contribution in [-0.2, 0) is 6.54 Å².